The lowest BCUT2D eigenvalue weighted by molar-refractivity contribution is -0.152. The molecule has 1 aromatic rings. The van der Waals surface area contributed by atoms with Gasteiger partial charge in [-0.2, -0.15) is 0 Å². The number of amides is 1. The van der Waals surface area contributed by atoms with Crippen LogP contribution < -0.4 is 9.47 Å². The Morgan fingerprint density at radius 3 is 2.67 bits per heavy atom. The van der Waals surface area contributed by atoms with Crippen molar-refractivity contribution in [1.29, 1.82) is 0 Å². The van der Waals surface area contributed by atoms with Gasteiger partial charge in [0.25, 0.3) is 0 Å². The number of carbonyl (C=O) groups excluding carboxylic acids is 2. The standard InChI is InChI=1S/C22H32N2O6/c1-3-24(17(2)13-18-7-8-19-20(14-18)28-15-27-19)22(26)30-16-29-21(25)9-12-23-10-5-4-6-11-23/h7-8,14,17H,3-6,9-13,15-16H2,1-2H3. The number of rotatable bonds is 9. The average Bonchev–Trinajstić information content (AvgIpc) is 3.21. The molecule has 166 valence electrons. The Balaban J connectivity index is 1.38. The topological polar surface area (TPSA) is 77.5 Å². The Bertz CT molecular complexity index is 720. The van der Waals surface area contributed by atoms with E-state index in [1.54, 1.807) is 4.90 Å². The number of hydrogen-bond donors (Lipinski definition) is 0. The lowest BCUT2D eigenvalue weighted by Crippen LogP contribution is -2.40. The van der Waals surface area contributed by atoms with Crippen LogP contribution in [-0.2, 0) is 20.7 Å². The third-order valence-corrected chi connectivity index (χ3v) is 5.56. The van der Waals surface area contributed by atoms with E-state index in [1.807, 2.05) is 32.0 Å². The smallest absolute Gasteiger partial charge is 0.412 e. The summed E-state index contributed by atoms with van der Waals surface area (Å²) in [7, 11) is 0. The van der Waals surface area contributed by atoms with Crippen LogP contribution in [0.5, 0.6) is 11.5 Å². The largest absolute Gasteiger partial charge is 0.454 e. The number of likely N-dealkylation sites (tertiary alicyclic amines) is 1. The number of fused-ring (bicyclic) bond motifs is 1. The minimum absolute atomic E-state index is 0.0855. The minimum Gasteiger partial charge on any atom is -0.454 e. The molecule has 0 aliphatic carbocycles. The molecule has 1 amide bonds. The van der Waals surface area contributed by atoms with Crippen LogP contribution in [0.2, 0.25) is 0 Å². The van der Waals surface area contributed by atoms with Gasteiger partial charge in [0.1, 0.15) is 0 Å². The van der Waals surface area contributed by atoms with Crippen LogP contribution in [0.3, 0.4) is 0 Å². The van der Waals surface area contributed by atoms with E-state index < -0.39 is 6.09 Å². The van der Waals surface area contributed by atoms with Crippen molar-refractivity contribution in [2.75, 3.05) is 39.8 Å². The molecule has 0 N–H and O–H groups in total. The highest BCUT2D eigenvalue weighted by molar-refractivity contribution is 5.70. The van der Waals surface area contributed by atoms with Crippen LogP contribution in [0.15, 0.2) is 18.2 Å². The molecular weight excluding hydrogens is 388 g/mol. The van der Waals surface area contributed by atoms with Crippen LogP contribution in [-0.4, -0.2) is 67.7 Å². The summed E-state index contributed by atoms with van der Waals surface area (Å²) < 4.78 is 21.0. The number of piperidine rings is 1. The molecule has 30 heavy (non-hydrogen) atoms. The molecule has 0 radical (unpaired) electrons. The van der Waals surface area contributed by atoms with Gasteiger partial charge in [-0.1, -0.05) is 12.5 Å². The highest BCUT2D eigenvalue weighted by Gasteiger charge is 2.22. The van der Waals surface area contributed by atoms with Gasteiger partial charge in [-0.05, 0) is 63.9 Å². The van der Waals surface area contributed by atoms with Gasteiger partial charge in [0.2, 0.25) is 13.6 Å². The Morgan fingerprint density at radius 1 is 1.13 bits per heavy atom. The van der Waals surface area contributed by atoms with E-state index in [4.69, 9.17) is 18.9 Å². The quantitative estimate of drug-likeness (QED) is 0.448. The average molecular weight is 421 g/mol. The molecule has 0 saturated carbocycles. The van der Waals surface area contributed by atoms with Crippen LogP contribution in [0.25, 0.3) is 0 Å². The van der Waals surface area contributed by atoms with Crippen molar-refractivity contribution >= 4 is 12.1 Å². The van der Waals surface area contributed by atoms with Crippen LogP contribution >= 0.6 is 0 Å². The Kier molecular flexibility index (Phi) is 8.19. The summed E-state index contributed by atoms with van der Waals surface area (Å²) in [6.07, 6.45) is 4.10. The third kappa shape index (κ3) is 6.26. The Hall–Kier alpha value is -2.48. The fourth-order valence-corrected chi connectivity index (χ4v) is 3.87. The summed E-state index contributed by atoms with van der Waals surface area (Å²) >= 11 is 0. The first-order valence-electron chi connectivity index (χ1n) is 10.8. The van der Waals surface area contributed by atoms with Crippen LogP contribution in [0.4, 0.5) is 4.79 Å². The van der Waals surface area contributed by atoms with Crippen molar-refractivity contribution in [2.24, 2.45) is 0 Å². The molecule has 8 nitrogen and oxygen atoms in total. The molecule has 0 aromatic heterocycles. The number of ether oxygens (including phenoxy) is 4. The van der Waals surface area contributed by atoms with Gasteiger partial charge in [0.15, 0.2) is 11.5 Å². The Morgan fingerprint density at radius 2 is 1.90 bits per heavy atom. The van der Waals surface area contributed by atoms with Crippen molar-refractivity contribution in [3.63, 3.8) is 0 Å². The minimum atomic E-state index is -0.491. The number of hydrogen-bond acceptors (Lipinski definition) is 7. The number of carbonyl (C=O) groups is 2. The zero-order chi connectivity index (χ0) is 21.3. The maximum absolute atomic E-state index is 12.4. The fourth-order valence-electron chi connectivity index (χ4n) is 3.87. The van der Waals surface area contributed by atoms with Gasteiger partial charge in [0.05, 0.1) is 6.42 Å². The van der Waals surface area contributed by atoms with Crippen LogP contribution in [0.1, 0.15) is 45.1 Å². The van der Waals surface area contributed by atoms with E-state index in [0.29, 0.717) is 25.9 Å². The molecule has 1 atom stereocenters. The molecule has 1 fully saturated rings. The number of nitrogens with zero attached hydrogens (tertiary/aromatic N) is 2. The first-order chi connectivity index (χ1) is 14.6. The number of likely N-dealkylation sites (N-methyl/N-ethyl adjacent to an activating group) is 1. The number of benzene rings is 1. The van der Waals surface area contributed by atoms with E-state index in [1.165, 1.54) is 19.3 Å². The second-order valence-corrected chi connectivity index (χ2v) is 7.72. The highest BCUT2D eigenvalue weighted by Crippen LogP contribution is 2.33. The lowest BCUT2D eigenvalue weighted by atomic mass is 10.1. The fraction of sp³-hybridized carbons (Fsp3) is 0.636. The number of esters is 1. The second kappa shape index (κ2) is 11.1. The summed E-state index contributed by atoms with van der Waals surface area (Å²) in [6, 6.07) is 5.69. The summed E-state index contributed by atoms with van der Waals surface area (Å²) in [5.41, 5.74) is 1.04. The molecule has 1 aromatic carbocycles. The van der Waals surface area contributed by atoms with E-state index in [2.05, 4.69) is 4.90 Å². The molecule has 2 heterocycles. The summed E-state index contributed by atoms with van der Waals surface area (Å²) in [5.74, 6) is 1.12. The third-order valence-electron chi connectivity index (χ3n) is 5.56. The van der Waals surface area contributed by atoms with Gasteiger partial charge < -0.3 is 28.7 Å². The van der Waals surface area contributed by atoms with E-state index >= 15 is 0 Å². The van der Waals surface area contributed by atoms with Gasteiger partial charge in [-0.25, -0.2) is 4.79 Å². The highest BCUT2D eigenvalue weighted by atomic mass is 16.7. The van der Waals surface area contributed by atoms with Crippen LogP contribution in [0, 0.1) is 0 Å². The predicted octanol–water partition coefficient (Wildman–Crippen LogP) is 3.18. The zero-order valence-corrected chi connectivity index (χ0v) is 17.9. The van der Waals surface area contributed by atoms with Gasteiger partial charge in [0, 0.05) is 19.1 Å². The molecule has 3 rings (SSSR count). The molecule has 0 spiro atoms. The van der Waals surface area contributed by atoms with Crippen molar-refractivity contribution in [3.8, 4) is 11.5 Å². The predicted molar refractivity (Wildman–Crippen MR) is 110 cm³/mol. The molecule has 0 bridgehead atoms. The SMILES string of the molecule is CCN(C(=O)OCOC(=O)CCN1CCCCC1)C(C)Cc1ccc2c(c1)OCO2. The zero-order valence-electron chi connectivity index (χ0n) is 17.9. The maximum atomic E-state index is 12.4. The van der Waals surface area contributed by atoms with Gasteiger partial charge in [-0.3, -0.25) is 4.79 Å². The molecule has 8 heteroatoms. The molecule has 1 unspecified atom stereocenters. The first kappa shape index (κ1) is 22.2. The normalized spacial score (nSPS) is 16.7. The maximum Gasteiger partial charge on any atom is 0.412 e. The summed E-state index contributed by atoms with van der Waals surface area (Å²) in [4.78, 5) is 28.2. The van der Waals surface area contributed by atoms with Crippen molar-refractivity contribution in [1.82, 2.24) is 9.80 Å². The van der Waals surface area contributed by atoms with Crippen molar-refractivity contribution in [3.05, 3.63) is 23.8 Å². The first-order valence-corrected chi connectivity index (χ1v) is 10.8. The lowest BCUT2D eigenvalue weighted by Gasteiger charge is -2.27. The van der Waals surface area contributed by atoms with Gasteiger partial charge in [-0.15, -0.1) is 0 Å². The van der Waals surface area contributed by atoms with E-state index in [9.17, 15) is 9.59 Å². The molecular formula is C22H32N2O6. The van der Waals surface area contributed by atoms with Crippen molar-refractivity contribution in [2.45, 2.75) is 52.0 Å². The van der Waals surface area contributed by atoms with Gasteiger partial charge >= 0.3 is 12.1 Å². The summed E-state index contributed by atoms with van der Waals surface area (Å²) in [6.45, 7) is 6.99. The molecule has 2 aliphatic heterocycles. The Labute approximate surface area is 178 Å². The van der Waals surface area contributed by atoms with Crippen molar-refractivity contribution < 1.29 is 28.5 Å². The van der Waals surface area contributed by atoms with E-state index in [0.717, 1.165) is 30.2 Å². The second-order valence-electron chi connectivity index (χ2n) is 7.72. The monoisotopic (exact) mass is 420 g/mol. The molecule has 1 saturated heterocycles. The van der Waals surface area contributed by atoms with E-state index in [-0.39, 0.29) is 25.6 Å². The summed E-state index contributed by atoms with van der Waals surface area (Å²) in [5, 5.41) is 0. The molecule has 2 aliphatic rings.